The molecule has 1 aromatic carbocycles. The van der Waals surface area contributed by atoms with E-state index in [2.05, 4.69) is 24.1 Å². The summed E-state index contributed by atoms with van der Waals surface area (Å²) in [5.74, 6) is -0.00856. The number of hydrogen-bond acceptors (Lipinski definition) is 4. The summed E-state index contributed by atoms with van der Waals surface area (Å²) in [6.45, 7) is 5.60. The predicted octanol–water partition coefficient (Wildman–Crippen LogP) is 3.85. The normalized spacial score (nSPS) is 20.4. The second-order valence-electron chi connectivity index (χ2n) is 9.04. The van der Waals surface area contributed by atoms with Crippen molar-refractivity contribution in [1.82, 2.24) is 20.1 Å². The lowest BCUT2D eigenvalue weighted by Crippen LogP contribution is -2.59. The van der Waals surface area contributed by atoms with Crippen LogP contribution in [0.4, 0.5) is 4.39 Å². The Labute approximate surface area is 192 Å². The third-order valence-electron chi connectivity index (χ3n) is 6.35. The summed E-state index contributed by atoms with van der Waals surface area (Å²) in [6.07, 6.45) is 3.52. The van der Waals surface area contributed by atoms with Gasteiger partial charge in [-0.05, 0) is 42.2 Å². The number of carbonyl (C=O) groups is 2. The van der Waals surface area contributed by atoms with E-state index in [-0.39, 0.29) is 28.8 Å². The van der Waals surface area contributed by atoms with Crippen LogP contribution in [0.1, 0.15) is 49.0 Å². The zero-order chi connectivity index (χ0) is 22.9. The minimum atomic E-state index is -0.527. The van der Waals surface area contributed by atoms with Crippen molar-refractivity contribution < 1.29 is 14.0 Å². The second kappa shape index (κ2) is 9.16. The smallest absolute Gasteiger partial charge is 0.256 e. The van der Waals surface area contributed by atoms with Crippen molar-refractivity contribution in [3.05, 3.63) is 64.7 Å². The van der Waals surface area contributed by atoms with E-state index in [1.807, 2.05) is 4.90 Å². The Balaban J connectivity index is 1.54. The third kappa shape index (κ3) is 4.50. The number of benzene rings is 1. The molecule has 0 radical (unpaired) electrons. The van der Waals surface area contributed by atoms with Gasteiger partial charge < -0.3 is 9.80 Å². The van der Waals surface area contributed by atoms with E-state index in [1.165, 1.54) is 12.1 Å². The maximum absolute atomic E-state index is 13.4. The Morgan fingerprint density at radius 2 is 1.94 bits per heavy atom. The summed E-state index contributed by atoms with van der Waals surface area (Å²) in [7, 11) is 0. The van der Waals surface area contributed by atoms with Crippen molar-refractivity contribution >= 4 is 23.4 Å². The lowest BCUT2D eigenvalue weighted by Gasteiger charge is -2.44. The molecule has 1 atom stereocenters. The van der Waals surface area contributed by atoms with E-state index < -0.39 is 5.66 Å². The number of amides is 2. The summed E-state index contributed by atoms with van der Waals surface area (Å²) in [5.41, 5.74) is 0.744. The van der Waals surface area contributed by atoms with Crippen molar-refractivity contribution in [3.8, 4) is 0 Å². The van der Waals surface area contributed by atoms with Gasteiger partial charge in [-0.2, -0.15) is 0 Å². The van der Waals surface area contributed by atoms with E-state index >= 15 is 0 Å². The van der Waals surface area contributed by atoms with Gasteiger partial charge in [-0.25, -0.2) is 9.37 Å². The molecule has 3 heterocycles. The predicted molar refractivity (Wildman–Crippen MR) is 120 cm³/mol. The summed E-state index contributed by atoms with van der Waals surface area (Å²) < 4.78 is 13.4. The highest BCUT2D eigenvalue weighted by Crippen LogP contribution is 2.36. The van der Waals surface area contributed by atoms with Gasteiger partial charge in [-0.15, -0.1) is 0 Å². The highest BCUT2D eigenvalue weighted by Gasteiger charge is 2.51. The van der Waals surface area contributed by atoms with Gasteiger partial charge in [-0.3, -0.25) is 14.9 Å². The van der Waals surface area contributed by atoms with Gasteiger partial charge in [0.2, 0.25) is 5.91 Å². The van der Waals surface area contributed by atoms with Crippen LogP contribution in [0.5, 0.6) is 0 Å². The molecule has 2 saturated heterocycles. The van der Waals surface area contributed by atoms with Crippen molar-refractivity contribution in [1.29, 1.82) is 0 Å². The topological polar surface area (TPSA) is 65.5 Å². The average Bonchev–Trinajstić information content (AvgIpc) is 3.00. The van der Waals surface area contributed by atoms with Gasteiger partial charge in [-0.1, -0.05) is 37.6 Å². The van der Waals surface area contributed by atoms with E-state index in [1.54, 1.807) is 35.4 Å². The Kier molecular flexibility index (Phi) is 6.49. The van der Waals surface area contributed by atoms with E-state index in [0.717, 1.165) is 12.0 Å². The average molecular weight is 459 g/mol. The lowest BCUT2D eigenvalue weighted by atomic mass is 9.94. The highest BCUT2D eigenvalue weighted by molar-refractivity contribution is 6.32. The number of nitrogens with zero attached hydrogens (tertiary/aromatic N) is 3. The van der Waals surface area contributed by atoms with Crippen LogP contribution in [0, 0.1) is 11.7 Å². The van der Waals surface area contributed by atoms with E-state index in [4.69, 9.17) is 11.6 Å². The monoisotopic (exact) mass is 458 g/mol. The number of aromatic nitrogens is 1. The molecule has 0 saturated carbocycles. The molecule has 0 aliphatic carbocycles. The minimum absolute atomic E-state index is 0.0677. The highest BCUT2D eigenvalue weighted by atomic mass is 35.5. The first kappa shape index (κ1) is 22.7. The van der Waals surface area contributed by atoms with Gasteiger partial charge in [0.05, 0.1) is 17.3 Å². The van der Waals surface area contributed by atoms with Crippen LogP contribution in [-0.4, -0.2) is 51.4 Å². The van der Waals surface area contributed by atoms with Crippen LogP contribution in [0.25, 0.3) is 0 Å². The van der Waals surface area contributed by atoms with Crippen LogP contribution in [0.2, 0.25) is 5.15 Å². The first-order chi connectivity index (χ1) is 15.3. The SMILES string of the molecule is CC(C)CC1NC2(CCN(C(=O)c3cccnc3Cl)CC2)N(Cc2ccc(F)cc2)C1=O. The first-order valence-corrected chi connectivity index (χ1v) is 11.4. The molecule has 1 aromatic heterocycles. The third-order valence-corrected chi connectivity index (χ3v) is 6.65. The molecule has 1 spiro atoms. The van der Waals surface area contributed by atoms with Gasteiger partial charge in [0, 0.05) is 38.7 Å². The standard InChI is InChI=1S/C24H28ClFN4O2/c1-16(2)14-20-23(32)30(15-17-5-7-18(26)8-6-17)24(28-20)9-12-29(13-10-24)22(31)19-4-3-11-27-21(19)25/h3-8,11,16,20,28H,9-10,12-15H2,1-2H3. The Bertz CT molecular complexity index is 990. The maximum Gasteiger partial charge on any atom is 0.256 e. The molecular formula is C24H28ClFN4O2. The summed E-state index contributed by atoms with van der Waals surface area (Å²) in [5, 5.41) is 3.80. The summed E-state index contributed by atoms with van der Waals surface area (Å²) in [6, 6.07) is 9.39. The molecular weight excluding hydrogens is 431 g/mol. The number of likely N-dealkylation sites (tertiary alicyclic amines) is 1. The molecule has 2 amide bonds. The van der Waals surface area contributed by atoms with Crippen LogP contribution in [-0.2, 0) is 11.3 Å². The van der Waals surface area contributed by atoms with E-state index in [0.29, 0.717) is 44.0 Å². The van der Waals surface area contributed by atoms with Crippen molar-refractivity contribution in [2.45, 2.75) is 51.4 Å². The molecule has 6 nitrogen and oxygen atoms in total. The molecule has 2 aliphatic heterocycles. The molecule has 2 aliphatic rings. The van der Waals surface area contributed by atoms with Crippen LogP contribution >= 0.6 is 11.6 Å². The largest absolute Gasteiger partial charge is 0.338 e. The number of rotatable bonds is 5. The van der Waals surface area contributed by atoms with Gasteiger partial charge >= 0.3 is 0 Å². The molecule has 32 heavy (non-hydrogen) atoms. The van der Waals surface area contributed by atoms with Crippen molar-refractivity contribution in [3.63, 3.8) is 0 Å². The molecule has 4 rings (SSSR count). The number of piperidine rings is 1. The van der Waals surface area contributed by atoms with Crippen LogP contribution < -0.4 is 5.32 Å². The quantitative estimate of drug-likeness (QED) is 0.691. The number of halogens is 2. The Hall–Kier alpha value is -2.51. The molecule has 2 aromatic rings. The molecule has 2 fully saturated rings. The van der Waals surface area contributed by atoms with Crippen molar-refractivity contribution in [2.75, 3.05) is 13.1 Å². The van der Waals surface area contributed by atoms with Crippen LogP contribution in [0.3, 0.4) is 0 Å². The van der Waals surface area contributed by atoms with Gasteiger partial charge in [0.15, 0.2) is 0 Å². The Morgan fingerprint density at radius 1 is 1.25 bits per heavy atom. The maximum atomic E-state index is 13.4. The zero-order valence-electron chi connectivity index (χ0n) is 18.4. The number of pyridine rings is 1. The fraction of sp³-hybridized carbons (Fsp3) is 0.458. The molecule has 8 heteroatoms. The Morgan fingerprint density at radius 3 is 2.56 bits per heavy atom. The van der Waals surface area contributed by atoms with Gasteiger partial charge in [0.1, 0.15) is 11.0 Å². The summed E-state index contributed by atoms with van der Waals surface area (Å²) in [4.78, 5) is 34.0. The lowest BCUT2D eigenvalue weighted by molar-refractivity contribution is -0.134. The van der Waals surface area contributed by atoms with E-state index in [9.17, 15) is 14.0 Å². The van der Waals surface area contributed by atoms with Gasteiger partial charge in [0.25, 0.3) is 5.91 Å². The second-order valence-corrected chi connectivity index (χ2v) is 9.40. The fourth-order valence-electron chi connectivity index (χ4n) is 4.71. The zero-order valence-corrected chi connectivity index (χ0v) is 19.1. The van der Waals surface area contributed by atoms with Crippen LogP contribution in [0.15, 0.2) is 42.6 Å². The van der Waals surface area contributed by atoms with Crippen molar-refractivity contribution in [2.24, 2.45) is 5.92 Å². The fourth-order valence-corrected chi connectivity index (χ4v) is 4.91. The number of carbonyl (C=O) groups excluding carboxylic acids is 2. The summed E-state index contributed by atoms with van der Waals surface area (Å²) >= 11 is 6.12. The molecule has 1 unspecified atom stereocenters. The number of hydrogen-bond donors (Lipinski definition) is 1. The number of nitrogens with one attached hydrogen (secondary N) is 1. The molecule has 170 valence electrons. The first-order valence-electron chi connectivity index (χ1n) is 11.0. The molecule has 0 bridgehead atoms. The minimum Gasteiger partial charge on any atom is -0.338 e. The molecule has 1 N–H and O–H groups in total.